The van der Waals surface area contributed by atoms with Gasteiger partial charge in [0.1, 0.15) is 6.29 Å². The second kappa shape index (κ2) is 5.77. The molecule has 0 saturated heterocycles. The molecule has 0 bridgehead atoms. The molecule has 0 atom stereocenters. The van der Waals surface area contributed by atoms with Gasteiger partial charge in [-0.1, -0.05) is 12.1 Å². The van der Waals surface area contributed by atoms with Gasteiger partial charge in [0.05, 0.1) is 12.2 Å². The van der Waals surface area contributed by atoms with Crippen LogP contribution in [0.5, 0.6) is 0 Å². The Bertz CT molecular complexity index is 341. The zero-order valence-electron chi connectivity index (χ0n) is 8.31. The van der Waals surface area contributed by atoms with Crippen molar-refractivity contribution in [1.82, 2.24) is 5.32 Å². The molecule has 0 saturated carbocycles. The normalized spacial score (nSPS) is 9.60. The van der Waals surface area contributed by atoms with Gasteiger partial charge in [-0.3, -0.25) is 0 Å². The van der Waals surface area contributed by atoms with E-state index in [2.05, 4.69) is 10.3 Å². The number of hydrogen-bond acceptors (Lipinski definition) is 3. The molecular weight excluding hydrogens is 192 g/mol. The van der Waals surface area contributed by atoms with Crippen molar-refractivity contribution < 1.29 is 4.79 Å². The van der Waals surface area contributed by atoms with E-state index in [-0.39, 0.29) is 5.96 Å². The van der Waals surface area contributed by atoms with Gasteiger partial charge in [-0.05, 0) is 17.7 Å². The molecule has 0 amide bonds. The molecule has 0 spiro atoms. The highest BCUT2D eigenvalue weighted by Crippen LogP contribution is 2.12. The van der Waals surface area contributed by atoms with Crippen LogP contribution in [0.4, 0.5) is 5.69 Å². The van der Waals surface area contributed by atoms with Gasteiger partial charge in [-0.25, -0.2) is 4.99 Å². The average Bonchev–Trinajstić information content (AvgIpc) is 2.20. The third kappa shape index (κ3) is 4.24. The smallest absolute Gasteiger partial charge is 0.191 e. The van der Waals surface area contributed by atoms with Crippen LogP contribution < -0.4 is 16.8 Å². The molecule has 80 valence electrons. The Hall–Kier alpha value is -1.88. The summed E-state index contributed by atoms with van der Waals surface area (Å²) in [6.45, 7) is 1.01. The standard InChI is InChI=1S/C10H14N4O/c11-10(12)14-9-3-1-8(2-4-9)7-13-5-6-15/h1-4,6,13H,5,7H2,(H4,11,12,14). The quantitative estimate of drug-likeness (QED) is 0.271. The summed E-state index contributed by atoms with van der Waals surface area (Å²) in [6.07, 6.45) is 0.827. The number of carbonyl (C=O) groups excluding carboxylic acids is 1. The molecule has 0 aromatic heterocycles. The summed E-state index contributed by atoms with van der Waals surface area (Å²) in [6, 6.07) is 7.44. The van der Waals surface area contributed by atoms with E-state index in [1.807, 2.05) is 24.3 Å². The lowest BCUT2D eigenvalue weighted by Crippen LogP contribution is -2.21. The molecule has 5 nitrogen and oxygen atoms in total. The van der Waals surface area contributed by atoms with Crippen LogP contribution in [0.3, 0.4) is 0 Å². The van der Waals surface area contributed by atoms with Gasteiger partial charge in [0, 0.05) is 6.54 Å². The molecule has 0 aliphatic rings. The van der Waals surface area contributed by atoms with E-state index in [4.69, 9.17) is 11.5 Å². The van der Waals surface area contributed by atoms with E-state index in [9.17, 15) is 4.79 Å². The topological polar surface area (TPSA) is 93.5 Å². The summed E-state index contributed by atoms with van der Waals surface area (Å²) in [7, 11) is 0. The van der Waals surface area contributed by atoms with E-state index >= 15 is 0 Å². The van der Waals surface area contributed by atoms with Crippen LogP contribution in [-0.2, 0) is 11.3 Å². The Morgan fingerprint density at radius 1 is 1.33 bits per heavy atom. The van der Waals surface area contributed by atoms with Crippen molar-refractivity contribution in [2.24, 2.45) is 16.5 Å². The van der Waals surface area contributed by atoms with E-state index in [1.54, 1.807) is 0 Å². The summed E-state index contributed by atoms with van der Waals surface area (Å²) >= 11 is 0. The molecule has 0 aliphatic heterocycles. The maximum atomic E-state index is 10.1. The van der Waals surface area contributed by atoms with Gasteiger partial charge in [0.25, 0.3) is 0 Å². The van der Waals surface area contributed by atoms with Gasteiger partial charge >= 0.3 is 0 Å². The number of aliphatic imine (C=N–C) groups is 1. The SMILES string of the molecule is NC(N)=Nc1ccc(CNCC=O)cc1. The molecule has 1 rings (SSSR count). The predicted molar refractivity (Wildman–Crippen MR) is 59.7 cm³/mol. The Kier molecular flexibility index (Phi) is 4.30. The molecule has 1 aromatic rings. The Labute approximate surface area is 88.2 Å². The first-order chi connectivity index (χ1) is 7.22. The first kappa shape index (κ1) is 11.2. The molecule has 5 heteroatoms. The van der Waals surface area contributed by atoms with Gasteiger partial charge in [0.2, 0.25) is 0 Å². The lowest BCUT2D eigenvalue weighted by atomic mass is 10.2. The predicted octanol–water partition coefficient (Wildman–Crippen LogP) is -0.120. The molecule has 0 unspecified atom stereocenters. The minimum Gasteiger partial charge on any atom is -0.370 e. The number of nitrogens with one attached hydrogen (secondary N) is 1. The second-order valence-electron chi connectivity index (χ2n) is 3.00. The Balaban J connectivity index is 2.56. The molecular formula is C10H14N4O. The monoisotopic (exact) mass is 206 g/mol. The van der Waals surface area contributed by atoms with Crippen LogP contribution in [0.1, 0.15) is 5.56 Å². The fourth-order valence-electron chi connectivity index (χ4n) is 1.11. The summed E-state index contributed by atoms with van der Waals surface area (Å²) in [4.78, 5) is 14.0. The van der Waals surface area contributed by atoms with E-state index in [1.165, 1.54) is 0 Å². The summed E-state index contributed by atoms with van der Waals surface area (Å²) < 4.78 is 0. The van der Waals surface area contributed by atoms with Crippen LogP contribution in [0.2, 0.25) is 0 Å². The van der Waals surface area contributed by atoms with E-state index in [0.29, 0.717) is 18.8 Å². The van der Waals surface area contributed by atoms with Crippen LogP contribution in [0.25, 0.3) is 0 Å². The van der Waals surface area contributed by atoms with Gasteiger partial charge in [-0.2, -0.15) is 0 Å². The average molecular weight is 206 g/mol. The van der Waals surface area contributed by atoms with Gasteiger partial charge < -0.3 is 21.6 Å². The summed E-state index contributed by atoms with van der Waals surface area (Å²) in [5.41, 5.74) is 12.3. The number of aldehydes is 1. The number of guanidine groups is 1. The molecule has 1 aromatic carbocycles. The highest BCUT2D eigenvalue weighted by molar-refractivity contribution is 5.78. The highest BCUT2D eigenvalue weighted by atomic mass is 16.1. The van der Waals surface area contributed by atoms with E-state index in [0.717, 1.165) is 11.8 Å². The molecule has 0 radical (unpaired) electrons. The first-order valence-corrected chi connectivity index (χ1v) is 4.55. The van der Waals surface area contributed by atoms with E-state index < -0.39 is 0 Å². The van der Waals surface area contributed by atoms with Gasteiger partial charge in [-0.15, -0.1) is 0 Å². The largest absolute Gasteiger partial charge is 0.370 e. The maximum Gasteiger partial charge on any atom is 0.191 e. The number of nitrogens with zero attached hydrogens (tertiary/aromatic N) is 1. The number of hydrogen-bond donors (Lipinski definition) is 3. The number of carbonyl (C=O) groups is 1. The van der Waals surface area contributed by atoms with Crippen molar-refractivity contribution in [3.63, 3.8) is 0 Å². The first-order valence-electron chi connectivity index (χ1n) is 4.55. The summed E-state index contributed by atoms with van der Waals surface area (Å²) in [5.74, 6) is 0.0434. The molecule has 5 N–H and O–H groups in total. The lowest BCUT2D eigenvalue weighted by molar-refractivity contribution is -0.107. The molecule has 0 fully saturated rings. The fraction of sp³-hybridized carbons (Fsp3) is 0.200. The fourth-order valence-corrected chi connectivity index (χ4v) is 1.11. The minimum absolute atomic E-state index is 0.0434. The van der Waals surface area contributed by atoms with Crippen molar-refractivity contribution in [3.8, 4) is 0 Å². The van der Waals surface area contributed by atoms with Crippen molar-refractivity contribution in [3.05, 3.63) is 29.8 Å². The van der Waals surface area contributed by atoms with Crippen LogP contribution >= 0.6 is 0 Å². The third-order valence-electron chi connectivity index (χ3n) is 1.75. The zero-order chi connectivity index (χ0) is 11.1. The third-order valence-corrected chi connectivity index (χ3v) is 1.75. The van der Waals surface area contributed by atoms with Crippen LogP contribution in [-0.4, -0.2) is 18.8 Å². The summed E-state index contributed by atoms with van der Waals surface area (Å²) in [5, 5.41) is 2.96. The molecule has 15 heavy (non-hydrogen) atoms. The Morgan fingerprint density at radius 3 is 2.53 bits per heavy atom. The minimum atomic E-state index is 0.0434. The highest BCUT2D eigenvalue weighted by Gasteiger charge is 1.93. The number of benzene rings is 1. The number of nitrogens with two attached hydrogens (primary N) is 2. The van der Waals surface area contributed by atoms with Crippen molar-refractivity contribution in [2.75, 3.05) is 6.54 Å². The van der Waals surface area contributed by atoms with Gasteiger partial charge in [0.15, 0.2) is 5.96 Å². The van der Waals surface area contributed by atoms with Crippen LogP contribution in [0.15, 0.2) is 29.3 Å². The van der Waals surface area contributed by atoms with Crippen molar-refractivity contribution in [1.29, 1.82) is 0 Å². The van der Waals surface area contributed by atoms with Crippen molar-refractivity contribution in [2.45, 2.75) is 6.54 Å². The maximum absolute atomic E-state index is 10.1. The van der Waals surface area contributed by atoms with Crippen LogP contribution in [0, 0.1) is 0 Å². The Morgan fingerprint density at radius 2 is 2.00 bits per heavy atom. The molecule has 0 heterocycles. The second-order valence-corrected chi connectivity index (χ2v) is 3.00. The lowest BCUT2D eigenvalue weighted by Gasteiger charge is -2.01. The van der Waals surface area contributed by atoms with Crippen molar-refractivity contribution >= 4 is 17.9 Å². The zero-order valence-corrected chi connectivity index (χ0v) is 8.31. The molecule has 0 aliphatic carbocycles. The number of rotatable bonds is 5.